The highest BCUT2D eigenvalue weighted by molar-refractivity contribution is 7.11. The summed E-state index contributed by atoms with van der Waals surface area (Å²) >= 11 is 1.87. The number of piperidine rings is 1. The van der Waals surface area contributed by atoms with Crippen LogP contribution in [0.25, 0.3) is 0 Å². The zero-order valence-corrected chi connectivity index (χ0v) is 19.3. The summed E-state index contributed by atoms with van der Waals surface area (Å²) < 4.78 is 2.06. The Balaban J connectivity index is 0.00000120. The predicted molar refractivity (Wildman–Crippen MR) is 123 cm³/mol. The normalized spacial score (nSPS) is 22.3. The van der Waals surface area contributed by atoms with Crippen molar-refractivity contribution in [2.24, 2.45) is 5.92 Å². The summed E-state index contributed by atoms with van der Waals surface area (Å²) in [6.07, 6.45) is 6.13. The summed E-state index contributed by atoms with van der Waals surface area (Å²) in [6.45, 7) is 4.44. The van der Waals surface area contributed by atoms with E-state index in [4.69, 9.17) is 4.98 Å². The van der Waals surface area contributed by atoms with E-state index in [1.165, 1.54) is 47.0 Å². The number of pyridine rings is 1. The number of hydrogen-bond acceptors (Lipinski definition) is 5. The molecule has 2 atom stereocenters. The van der Waals surface area contributed by atoms with E-state index in [-0.39, 0.29) is 30.4 Å². The minimum absolute atomic E-state index is 0. The molecule has 5 rings (SSSR count). The van der Waals surface area contributed by atoms with Crippen molar-refractivity contribution in [2.45, 2.75) is 57.7 Å². The highest BCUT2D eigenvalue weighted by Crippen LogP contribution is 2.32. The van der Waals surface area contributed by atoms with Crippen LogP contribution in [0.2, 0.25) is 0 Å². The second-order valence-corrected chi connectivity index (χ2v) is 9.68. The van der Waals surface area contributed by atoms with Crippen LogP contribution in [0.1, 0.15) is 52.0 Å². The highest BCUT2D eigenvalue weighted by Gasteiger charge is 2.31. The fraction of sp³-hybridized carbons (Fsp3) is 0.619. The lowest BCUT2D eigenvalue weighted by Crippen LogP contribution is -2.45. The van der Waals surface area contributed by atoms with E-state index in [1.54, 1.807) is 0 Å². The van der Waals surface area contributed by atoms with Crippen molar-refractivity contribution in [3.05, 3.63) is 49.3 Å². The fourth-order valence-corrected chi connectivity index (χ4v) is 6.24. The molecule has 0 amide bonds. The molecule has 2 aliphatic heterocycles. The smallest absolute Gasteiger partial charge is 0.255 e. The van der Waals surface area contributed by atoms with Gasteiger partial charge in [-0.1, -0.05) is 6.07 Å². The summed E-state index contributed by atoms with van der Waals surface area (Å²) in [5, 5.41) is 4.71. The van der Waals surface area contributed by atoms with E-state index < -0.39 is 0 Å². The number of aromatic nitrogens is 2. The van der Waals surface area contributed by atoms with Gasteiger partial charge in [-0.05, 0) is 57.7 Å². The number of nitrogens with one attached hydrogen (secondary N) is 1. The predicted octanol–water partition coefficient (Wildman–Crippen LogP) is 3.37. The first-order valence-corrected chi connectivity index (χ1v) is 11.1. The van der Waals surface area contributed by atoms with Crippen molar-refractivity contribution in [3.8, 4) is 0 Å². The van der Waals surface area contributed by atoms with Gasteiger partial charge in [0.05, 0.1) is 12.2 Å². The van der Waals surface area contributed by atoms with E-state index in [0.29, 0.717) is 18.4 Å². The van der Waals surface area contributed by atoms with Gasteiger partial charge < -0.3 is 9.88 Å². The van der Waals surface area contributed by atoms with Crippen LogP contribution >= 0.6 is 36.2 Å². The summed E-state index contributed by atoms with van der Waals surface area (Å²) in [5.41, 5.74) is 3.68. The van der Waals surface area contributed by atoms with Gasteiger partial charge in [0, 0.05) is 41.7 Å². The van der Waals surface area contributed by atoms with Crippen LogP contribution in [0.5, 0.6) is 0 Å². The minimum atomic E-state index is 0. The van der Waals surface area contributed by atoms with Crippen molar-refractivity contribution < 1.29 is 0 Å². The van der Waals surface area contributed by atoms with Crippen molar-refractivity contribution in [3.63, 3.8) is 0 Å². The Morgan fingerprint density at radius 1 is 1.21 bits per heavy atom. The highest BCUT2D eigenvalue weighted by atomic mass is 35.5. The second kappa shape index (κ2) is 9.48. The first-order valence-electron chi connectivity index (χ1n) is 10.3. The third kappa shape index (κ3) is 4.57. The maximum absolute atomic E-state index is 13.1. The van der Waals surface area contributed by atoms with Crippen LogP contribution in [0.4, 0.5) is 0 Å². The van der Waals surface area contributed by atoms with Crippen LogP contribution in [0, 0.1) is 5.92 Å². The lowest BCUT2D eigenvalue weighted by Gasteiger charge is -2.37. The minimum Gasteiger partial charge on any atom is -0.316 e. The molecule has 1 saturated heterocycles. The number of hydrogen-bond donors (Lipinski definition) is 1. The summed E-state index contributed by atoms with van der Waals surface area (Å²) in [7, 11) is 2.10. The quantitative estimate of drug-likeness (QED) is 0.765. The number of halogens is 2. The Morgan fingerprint density at radius 2 is 2.03 bits per heavy atom. The van der Waals surface area contributed by atoms with E-state index in [1.807, 2.05) is 11.3 Å². The van der Waals surface area contributed by atoms with Gasteiger partial charge in [-0.2, -0.15) is 0 Å². The molecule has 1 N–H and O–H groups in total. The molecule has 2 aromatic rings. The second-order valence-electron chi connectivity index (χ2n) is 8.51. The van der Waals surface area contributed by atoms with Crippen molar-refractivity contribution in [2.75, 3.05) is 20.1 Å². The van der Waals surface area contributed by atoms with Gasteiger partial charge in [0.25, 0.3) is 5.56 Å². The van der Waals surface area contributed by atoms with Crippen LogP contribution < -0.4 is 10.9 Å². The molecule has 0 radical (unpaired) electrons. The van der Waals surface area contributed by atoms with Gasteiger partial charge in [-0.25, -0.2) is 4.98 Å². The number of fused-ring (bicyclic) bond motifs is 5. The molecule has 4 heterocycles. The molecular formula is C21H30Cl2N4OS. The fourth-order valence-electron chi connectivity index (χ4n) is 5.01. The first-order chi connectivity index (χ1) is 13.2. The SMILES string of the molecule is CN(Cc1nc2c(s1)CCCC2)Cc1ccc2n(c1=O)C[C@@H]1CNC[C@H]2C1.Cl.Cl. The van der Waals surface area contributed by atoms with Gasteiger partial charge in [0.1, 0.15) is 5.01 Å². The zero-order chi connectivity index (χ0) is 18.4. The molecule has 1 fully saturated rings. The molecule has 1 aliphatic carbocycles. The Labute approximate surface area is 188 Å². The molecule has 0 saturated carbocycles. The average molecular weight is 457 g/mol. The third-order valence-electron chi connectivity index (χ3n) is 6.32. The molecule has 0 unspecified atom stereocenters. The number of aryl methyl sites for hydroxylation is 2. The molecule has 0 aromatic carbocycles. The van der Waals surface area contributed by atoms with Crippen LogP contribution in [0.15, 0.2) is 16.9 Å². The van der Waals surface area contributed by atoms with Crippen molar-refractivity contribution in [1.82, 2.24) is 19.8 Å². The average Bonchev–Trinajstić information content (AvgIpc) is 3.07. The molecule has 29 heavy (non-hydrogen) atoms. The molecule has 2 bridgehead atoms. The van der Waals surface area contributed by atoms with Gasteiger partial charge in [0.2, 0.25) is 0 Å². The Kier molecular flexibility index (Phi) is 7.44. The van der Waals surface area contributed by atoms with Crippen LogP contribution in [0.3, 0.4) is 0 Å². The largest absolute Gasteiger partial charge is 0.316 e. The van der Waals surface area contributed by atoms with Crippen LogP contribution in [-0.2, 0) is 32.5 Å². The van der Waals surface area contributed by atoms with Gasteiger partial charge in [-0.15, -0.1) is 36.2 Å². The lowest BCUT2D eigenvalue weighted by atomic mass is 9.84. The van der Waals surface area contributed by atoms with Crippen molar-refractivity contribution >= 4 is 36.2 Å². The molecular weight excluding hydrogens is 427 g/mol. The Bertz CT molecular complexity index is 889. The molecule has 8 heteroatoms. The molecule has 2 aromatic heterocycles. The molecule has 160 valence electrons. The van der Waals surface area contributed by atoms with E-state index >= 15 is 0 Å². The van der Waals surface area contributed by atoms with Gasteiger partial charge >= 0.3 is 0 Å². The maximum Gasteiger partial charge on any atom is 0.255 e. The number of thiazole rings is 1. The molecule has 3 aliphatic rings. The van der Waals surface area contributed by atoms with Gasteiger partial charge in [-0.3, -0.25) is 9.69 Å². The zero-order valence-electron chi connectivity index (χ0n) is 16.9. The Morgan fingerprint density at radius 3 is 2.86 bits per heavy atom. The van der Waals surface area contributed by atoms with E-state index in [0.717, 1.165) is 38.2 Å². The summed E-state index contributed by atoms with van der Waals surface area (Å²) in [5.74, 6) is 1.10. The molecule has 0 spiro atoms. The Hall–Kier alpha value is -0.920. The topological polar surface area (TPSA) is 50.2 Å². The van der Waals surface area contributed by atoms with Gasteiger partial charge in [0.15, 0.2) is 0 Å². The standard InChI is InChI=1S/C21H28N4OS.2ClH/c1-24(13-20-23-17-4-2-3-5-19(17)27-20)12-15-6-7-18-16-8-14(9-22-10-16)11-25(18)21(15)26;;/h6-7,14,16,22H,2-5,8-13H2,1H3;2*1H/t14-,16+;;/m0../s1. The first kappa shape index (κ1) is 22.8. The van der Waals surface area contributed by atoms with E-state index in [9.17, 15) is 4.79 Å². The monoisotopic (exact) mass is 456 g/mol. The van der Waals surface area contributed by atoms with Crippen molar-refractivity contribution in [1.29, 1.82) is 0 Å². The van der Waals surface area contributed by atoms with Crippen LogP contribution in [-0.4, -0.2) is 34.6 Å². The summed E-state index contributed by atoms with van der Waals surface area (Å²) in [6, 6.07) is 4.26. The number of nitrogens with zero attached hydrogens (tertiary/aromatic N) is 3. The third-order valence-corrected chi connectivity index (χ3v) is 7.47. The lowest BCUT2D eigenvalue weighted by molar-refractivity contribution is 0.254. The number of rotatable bonds is 4. The maximum atomic E-state index is 13.1. The molecule has 5 nitrogen and oxygen atoms in total. The van der Waals surface area contributed by atoms with E-state index in [2.05, 4.69) is 34.0 Å². The summed E-state index contributed by atoms with van der Waals surface area (Å²) in [4.78, 5) is 21.7.